The molecule has 3 rings (SSSR count). The normalized spacial score (nSPS) is 29.8. The molecule has 1 aromatic rings. The van der Waals surface area contributed by atoms with Gasteiger partial charge in [-0.1, -0.05) is 0 Å². The molecule has 5 nitrogen and oxygen atoms in total. The van der Waals surface area contributed by atoms with Crippen molar-refractivity contribution < 1.29 is 9.53 Å². The fourth-order valence-corrected chi connectivity index (χ4v) is 3.43. The number of carbonyl (C=O) groups is 1. The minimum atomic E-state index is 0.187. The van der Waals surface area contributed by atoms with Gasteiger partial charge in [-0.3, -0.25) is 9.48 Å². The van der Waals surface area contributed by atoms with E-state index in [1.807, 2.05) is 18.0 Å². The monoisotopic (exact) mass is 263 g/mol. The highest BCUT2D eigenvalue weighted by atomic mass is 16.5. The lowest BCUT2D eigenvalue weighted by Crippen LogP contribution is -2.33. The van der Waals surface area contributed by atoms with Crippen LogP contribution in [0, 0.1) is 18.8 Å². The third-order valence-corrected chi connectivity index (χ3v) is 4.45. The molecule has 0 spiro atoms. The van der Waals surface area contributed by atoms with Crippen molar-refractivity contribution in [3.05, 3.63) is 18.0 Å². The van der Waals surface area contributed by atoms with Crippen LogP contribution in [-0.2, 0) is 16.1 Å². The molecule has 104 valence electrons. The fourth-order valence-electron chi connectivity index (χ4n) is 3.43. The molecule has 5 heteroatoms. The lowest BCUT2D eigenvalue weighted by Gasteiger charge is -2.18. The summed E-state index contributed by atoms with van der Waals surface area (Å²) >= 11 is 0. The molecule has 2 aliphatic rings. The summed E-state index contributed by atoms with van der Waals surface area (Å²) in [6, 6.07) is 0. The van der Waals surface area contributed by atoms with Crippen LogP contribution in [0.4, 0.5) is 0 Å². The molecule has 1 aromatic heterocycles. The molecule has 19 heavy (non-hydrogen) atoms. The van der Waals surface area contributed by atoms with Gasteiger partial charge in [-0.15, -0.1) is 0 Å². The Labute approximate surface area is 113 Å². The number of methoxy groups -OCH3 is 1. The van der Waals surface area contributed by atoms with E-state index < -0.39 is 0 Å². The number of aromatic nitrogens is 2. The highest BCUT2D eigenvalue weighted by Gasteiger charge is 2.42. The smallest absolute Gasteiger partial charge is 0.244 e. The quantitative estimate of drug-likeness (QED) is 0.819. The predicted molar refractivity (Wildman–Crippen MR) is 70.6 cm³/mol. The third kappa shape index (κ3) is 2.52. The first-order valence-electron chi connectivity index (χ1n) is 6.95. The Balaban J connectivity index is 1.56. The standard InChI is InChI=1S/C14H21N3O2/c1-10-5-15-17(6-10)9-14(18)16-7-11-3-13(19-2)4-12(11)8-16/h5-6,11-13H,3-4,7-9H2,1-2H3/t11-,12+,13?. The van der Waals surface area contributed by atoms with E-state index in [4.69, 9.17) is 4.74 Å². The first-order valence-corrected chi connectivity index (χ1v) is 6.95. The molecule has 1 saturated heterocycles. The van der Waals surface area contributed by atoms with Crippen LogP contribution < -0.4 is 0 Å². The van der Waals surface area contributed by atoms with Crippen molar-refractivity contribution in [3.8, 4) is 0 Å². The molecular weight excluding hydrogens is 242 g/mol. The van der Waals surface area contributed by atoms with Crippen molar-refractivity contribution in [2.45, 2.75) is 32.4 Å². The van der Waals surface area contributed by atoms with Gasteiger partial charge >= 0.3 is 0 Å². The summed E-state index contributed by atoms with van der Waals surface area (Å²) in [6.07, 6.45) is 6.31. The van der Waals surface area contributed by atoms with Gasteiger partial charge in [0.1, 0.15) is 6.54 Å². The highest BCUT2D eigenvalue weighted by molar-refractivity contribution is 5.76. The summed E-state index contributed by atoms with van der Waals surface area (Å²) in [5.74, 6) is 1.45. The maximum atomic E-state index is 12.2. The summed E-state index contributed by atoms with van der Waals surface area (Å²) in [4.78, 5) is 14.2. The third-order valence-electron chi connectivity index (χ3n) is 4.45. The Kier molecular flexibility index (Phi) is 3.31. The Morgan fingerprint density at radius 2 is 2.11 bits per heavy atom. The van der Waals surface area contributed by atoms with Crippen LogP contribution in [-0.4, -0.2) is 46.9 Å². The number of likely N-dealkylation sites (tertiary alicyclic amines) is 1. The van der Waals surface area contributed by atoms with Gasteiger partial charge in [0.05, 0.1) is 12.3 Å². The van der Waals surface area contributed by atoms with E-state index in [1.165, 1.54) is 0 Å². The van der Waals surface area contributed by atoms with Gasteiger partial charge in [-0.2, -0.15) is 5.10 Å². The SMILES string of the molecule is COC1C[C@@H]2CN(C(=O)Cn3cc(C)cn3)C[C@@H]2C1. The van der Waals surface area contributed by atoms with E-state index in [0.717, 1.165) is 31.5 Å². The Morgan fingerprint density at radius 1 is 1.42 bits per heavy atom. The van der Waals surface area contributed by atoms with Crippen LogP contribution in [0.5, 0.6) is 0 Å². The van der Waals surface area contributed by atoms with Crippen molar-refractivity contribution >= 4 is 5.91 Å². The minimum absolute atomic E-state index is 0.187. The van der Waals surface area contributed by atoms with Gasteiger partial charge in [0.2, 0.25) is 5.91 Å². The molecular formula is C14H21N3O2. The van der Waals surface area contributed by atoms with Gasteiger partial charge in [0.15, 0.2) is 0 Å². The van der Waals surface area contributed by atoms with Gasteiger partial charge in [-0.05, 0) is 37.2 Å². The number of rotatable bonds is 3. The van der Waals surface area contributed by atoms with E-state index in [0.29, 0.717) is 24.5 Å². The van der Waals surface area contributed by atoms with Crippen molar-refractivity contribution in [2.24, 2.45) is 11.8 Å². The summed E-state index contributed by atoms with van der Waals surface area (Å²) in [5, 5.41) is 4.17. The number of hydrogen-bond donors (Lipinski definition) is 0. The van der Waals surface area contributed by atoms with E-state index in [9.17, 15) is 4.79 Å². The van der Waals surface area contributed by atoms with Gasteiger partial charge in [0.25, 0.3) is 0 Å². The van der Waals surface area contributed by atoms with Crippen molar-refractivity contribution in [1.29, 1.82) is 0 Å². The number of hydrogen-bond acceptors (Lipinski definition) is 3. The van der Waals surface area contributed by atoms with E-state index >= 15 is 0 Å². The first kappa shape index (κ1) is 12.7. The van der Waals surface area contributed by atoms with E-state index in [-0.39, 0.29) is 5.91 Å². The number of amides is 1. The zero-order valence-corrected chi connectivity index (χ0v) is 11.6. The molecule has 1 saturated carbocycles. The maximum absolute atomic E-state index is 12.2. The van der Waals surface area contributed by atoms with Gasteiger partial charge in [0, 0.05) is 26.4 Å². The Morgan fingerprint density at radius 3 is 2.63 bits per heavy atom. The second-order valence-electron chi connectivity index (χ2n) is 5.86. The number of carbonyl (C=O) groups excluding carboxylic acids is 1. The predicted octanol–water partition coefficient (Wildman–Crippen LogP) is 1.07. The lowest BCUT2D eigenvalue weighted by molar-refractivity contribution is -0.131. The second kappa shape index (κ2) is 4.96. The van der Waals surface area contributed by atoms with Crippen molar-refractivity contribution in [2.75, 3.05) is 20.2 Å². The molecule has 1 amide bonds. The van der Waals surface area contributed by atoms with Crippen LogP contribution in [0.15, 0.2) is 12.4 Å². The van der Waals surface area contributed by atoms with Crippen LogP contribution in [0.1, 0.15) is 18.4 Å². The molecule has 2 heterocycles. The maximum Gasteiger partial charge on any atom is 0.244 e. The molecule has 0 radical (unpaired) electrons. The average molecular weight is 263 g/mol. The Hall–Kier alpha value is -1.36. The summed E-state index contributed by atoms with van der Waals surface area (Å²) < 4.78 is 7.15. The number of aryl methyl sites for hydroxylation is 1. The first-order chi connectivity index (χ1) is 9.15. The summed E-state index contributed by atoms with van der Waals surface area (Å²) in [7, 11) is 1.79. The van der Waals surface area contributed by atoms with E-state index in [1.54, 1.807) is 18.0 Å². The van der Waals surface area contributed by atoms with Crippen molar-refractivity contribution in [3.63, 3.8) is 0 Å². The number of nitrogens with zero attached hydrogens (tertiary/aromatic N) is 3. The van der Waals surface area contributed by atoms with Gasteiger partial charge in [-0.25, -0.2) is 0 Å². The van der Waals surface area contributed by atoms with Crippen molar-refractivity contribution in [1.82, 2.24) is 14.7 Å². The number of fused-ring (bicyclic) bond motifs is 1. The molecule has 0 N–H and O–H groups in total. The molecule has 1 aliphatic heterocycles. The second-order valence-corrected chi connectivity index (χ2v) is 5.86. The van der Waals surface area contributed by atoms with E-state index in [2.05, 4.69) is 5.10 Å². The molecule has 0 bridgehead atoms. The summed E-state index contributed by atoms with van der Waals surface area (Å²) in [6.45, 7) is 4.13. The number of ether oxygens (including phenoxy) is 1. The van der Waals surface area contributed by atoms with Crippen LogP contribution >= 0.6 is 0 Å². The molecule has 0 aromatic carbocycles. The lowest BCUT2D eigenvalue weighted by atomic mass is 10.0. The zero-order chi connectivity index (χ0) is 13.4. The highest BCUT2D eigenvalue weighted by Crippen LogP contribution is 2.39. The average Bonchev–Trinajstić information content (AvgIpc) is 3.02. The summed E-state index contributed by atoms with van der Waals surface area (Å²) in [5.41, 5.74) is 1.09. The van der Waals surface area contributed by atoms with Crippen LogP contribution in [0.2, 0.25) is 0 Å². The van der Waals surface area contributed by atoms with Gasteiger partial charge < -0.3 is 9.64 Å². The molecule has 1 unspecified atom stereocenters. The zero-order valence-electron chi connectivity index (χ0n) is 11.6. The topological polar surface area (TPSA) is 47.4 Å². The molecule has 2 fully saturated rings. The molecule has 1 aliphatic carbocycles. The fraction of sp³-hybridized carbons (Fsp3) is 0.714. The molecule has 3 atom stereocenters. The Bertz CT molecular complexity index is 457. The van der Waals surface area contributed by atoms with Crippen LogP contribution in [0.25, 0.3) is 0 Å². The largest absolute Gasteiger partial charge is 0.381 e. The minimum Gasteiger partial charge on any atom is -0.381 e. The van der Waals surface area contributed by atoms with Crippen LogP contribution in [0.3, 0.4) is 0 Å².